The zero-order chi connectivity index (χ0) is 19.4. The molecule has 0 fully saturated rings. The first kappa shape index (κ1) is 25.0. The van der Waals surface area contributed by atoms with Crippen molar-refractivity contribution >= 4 is 23.5 Å². The van der Waals surface area contributed by atoms with Crippen LogP contribution in [0.1, 0.15) is 103 Å². The van der Waals surface area contributed by atoms with Gasteiger partial charge in [0.25, 0.3) is 0 Å². The Balaban J connectivity index is 2.20. The van der Waals surface area contributed by atoms with Gasteiger partial charge in [0.2, 0.25) is 0 Å². The second-order valence-corrected chi connectivity index (χ2v) is 10.7. The first-order valence-electron chi connectivity index (χ1n) is 11.6. The number of thioether (sulfide) groups is 2. The number of rotatable bonds is 19. The van der Waals surface area contributed by atoms with Crippen LogP contribution in [0.2, 0.25) is 0 Å². The zero-order valence-electron chi connectivity index (χ0n) is 18.1. The van der Waals surface area contributed by atoms with Crippen molar-refractivity contribution in [2.24, 2.45) is 0 Å². The first-order chi connectivity index (χ1) is 13.4. The Morgan fingerprint density at radius 3 is 1.63 bits per heavy atom. The van der Waals surface area contributed by atoms with E-state index in [0.29, 0.717) is 0 Å². The monoisotopic (exact) mass is 408 g/mol. The molecule has 1 rings (SSSR count). The molecule has 2 heteroatoms. The van der Waals surface area contributed by atoms with Gasteiger partial charge in [0.1, 0.15) is 0 Å². The third kappa shape index (κ3) is 15.5. The van der Waals surface area contributed by atoms with E-state index in [1.807, 2.05) is 0 Å². The smallest absolute Gasteiger partial charge is 0.0505 e. The van der Waals surface area contributed by atoms with E-state index in [9.17, 15) is 0 Å². The van der Waals surface area contributed by atoms with Gasteiger partial charge >= 0.3 is 0 Å². The van der Waals surface area contributed by atoms with Gasteiger partial charge in [-0.2, -0.15) is 0 Å². The van der Waals surface area contributed by atoms with E-state index in [1.54, 1.807) is 0 Å². The number of aryl methyl sites for hydroxylation is 1. The summed E-state index contributed by atoms with van der Waals surface area (Å²) in [7, 11) is 0. The predicted octanol–water partition coefficient (Wildman–Crippen LogP) is 9.13. The fraction of sp³-hybridized carbons (Fsp3) is 0.760. The summed E-state index contributed by atoms with van der Waals surface area (Å²) >= 11 is 4.48. The molecule has 0 amide bonds. The van der Waals surface area contributed by atoms with Gasteiger partial charge < -0.3 is 0 Å². The molecule has 0 aromatic heterocycles. The van der Waals surface area contributed by atoms with E-state index in [-0.39, 0.29) is 0 Å². The van der Waals surface area contributed by atoms with E-state index >= 15 is 0 Å². The normalized spacial score (nSPS) is 11.4. The molecule has 0 saturated carbocycles. The van der Waals surface area contributed by atoms with E-state index in [1.165, 1.54) is 107 Å². The van der Waals surface area contributed by atoms with Crippen LogP contribution in [-0.4, -0.2) is 16.1 Å². The lowest BCUT2D eigenvalue weighted by Crippen LogP contribution is -2.03. The van der Waals surface area contributed by atoms with Gasteiger partial charge in [-0.1, -0.05) is 108 Å². The molecule has 0 heterocycles. The summed E-state index contributed by atoms with van der Waals surface area (Å²) in [6.45, 7) is 4.60. The topological polar surface area (TPSA) is 0 Å². The average molecular weight is 409 g/mol. The first-order valence-corrected chi connectivity index (χ1v) is 13.7. The van der Waals surface area contributed by atoms with Crippen molar-refractivity contribution in [3.05, 3.63) is 35.9 Å². The van der Waals surface area contributed by atoms with Crippen LogP contribution in [0, 0.1) is 0 Å². The zero-order valence-corrected chi connectivity index (χ0v) is 19.7. The minimum Gasteiger partial charge on any atom is -0.148 e. The summed E-state index contributed by atoms with van der Waals surface area (Å²) in [5, 5.41) is 0. The van der Waals surface area contributed by atoms with E-state index < -0.39 is 0 Å². The van der Waals surface area contributed by atoms with Gasteiger partial charge in [-0.25, -0.2) is 0 Å². The highest BCUT2D eigenvalue weighted by molar-refractivity contribution is 8.17. The van der Waals surface area contributed by atoms with Crippen LogP contribution < -0.4 is 0 Å². The third-order valence-corrected chi connectivity index (χ3v) is 8.20. The van der Waals surface area contributed by atoms with Gasteiger partial charge in [0, 0.05) is 0 Å². The molecule has 0 aliphatic heterocycles. The SMILES string of the molecule is CCCCCCCCSC(CCc1ccccc1)SCCCCCCCC. The number of benzene rings is 1. The van der Waals surface area contributed by atoms with Gasteiger partial charge in [-0.05, 0) is 42.8 Å². The van der Waals surface area contributed by atoms with Crippen LogP contribution in [0.25, 0.3) is 0 Å². The predicted molar refractivity (Wildman–Crippen MR) is 130 cm³/mol. The van der Waals surface area contributed by atoms with Crippen LogP contribution in [0.4, 0.5) is 0 Å². The maximum absolute atomic E-state index is 2.30. The summed E-state index contributed by atoms with van der Waals surface area (Å²) in [5.41, 5.74) is 1.50. The number of unbranched alkanes of at least 4 members (excludes halogenated alkanes) is 10. The van der Waals surface area contributed by atoms with Crippen LogP contribution in [0.15, 0.2) is 30.3 Å². The molecule has 27 heavy (non-hydrogen) atoms. The molecule has 0 aliphatic rings. The summed E-state index contributed by atoms with van der Waals surface area (Å²) < 4.78 is 0.788. The van der Waals surface area contributed by atoms with Crippen molar-refractivity contribution in [2.45, 2.75) is 108 Å². The van der Waals surface area contributed by atoms with Crippen molar-refractivity contribution in [1.29, 1.82) is 0 Å². The second-order valence-electron chi connectivity index (χ2n) is 7.73. The molecule has 0 saturated heterocycles. The maximum atomic E-state index is 2.30. The lowest BCUT2D eigenvalue weighted by atomic mass is 10.1. The van der Waals surface area contributed by atoms with Crippen LogP contribution in [0.5, 0.6) is 0 Å². The summed E-state index contributed by atoms with van der Waals surface area (Å²) in [6, 6.07) is 11.1. The minimum absolute atomic E-state index is 0.788. The standard InChI is InChI=1S/C25H44S2/c1-3-5-7-9-11-16-22-26-25(21-20-24-18-14-13-15-19-24)27-23-17-12-10-8-6-4-2/h13-15,18-19,25H,3-12,16-17,20-23H2,1-2H3. The highest BCUT2D eigenvalue weighted by atomic mass is 32.2. The van der Waals surface area contributed by atoms with Crippen LogP contribution in [-0.2, 0) is 6.42 Å². The molecule has 0 aliphatic carbocycles. The summed E-state index contributed by atoms with van der Waals surface area (Å²) in [5.74, 6) is 2.71. The molecule has 0 N–H and O–H groups in total. The van der Waals surface area contributed by atoms with Crippen molar-refractivity contribution in [1.82, 2.24) is 0 Å². The van der Waals surface area contributed by atoms with Crippen LogP contribution in [0.3, 0.4) is 0 Å². The largest absolute Gasteiger partial charge is 0.148 e. The van der Waals surface area contributed by atoms with Gasteiger partial charge in [-0.15, -0.1) is 23.5 Å². The van der Waals surface area contributed by atoms with Gasteiger partial charge in [0.05, 0.1) is 4.58 Å². The fourth-order valence-electron chi connectivity index (χ4n) is 3.34. The molecule has 0 nitrogen and oxygen atoms in total. The number of hydrogen-bond donors (Lipinski definition) is 0. The quantitative estimate of drug-likeness (QED) is 0.165. The van der Waals surface area contributed by atoms with Crippen molar-refractivity contribution in [3.63, 3.8) is 0 Å². The molecule has 0 spiro atoms. The Labute approximate surface area is 179 Å². The second kappa shape index (κ2) is 19.2. The van der Waals surface area contributed by atoms with Gasteiger partial charge in [-0.3, -0.25) is 0 Å². The fourth-order valence-corrected chi connectivity index (χ4v) is 6.14. The summed E-state index contributed by atoms with van der Waals surface area (Å²) in [6.07, 6.45) is 19.5. The Bertz CT molecular complexity index is 386. The van der Waals surface area contributed by atoms with Crippen molar-refractivity contribution in [3.8, 4) is 0 Å². The number of hydrogen-bond acceptors (Lipinski definition) is 2. The molecule has 0 unspecified atom stereocenters. The van der Waals surface area contributed by atoms with Crippen molar-refractivity contribution < 1.29 is 0 Å². The van der Waals surface area contributed by atoms with Crippen LogP contribution >= 0.6 is 23.5 Å². The molecule has 0 atom stereocenters. The molecular formula is C25H44S2. The van der Waals surface area contributed by atoms with E-state index in [0.717, 1.165) is 4.58 Å². The molecule has 1 aromatic carbocycles. The molecular weight excluding hydrogens is 364 g/mol. The molecule has 1 aromatic rings. The molecule has 0 radical (unpaired) electrons. The Morgan fingerprint density at radius 2 is 1.11 bits per heavy atom. The van der Waals surface area contributed by atoms with Gasteiger partial charge in [0.15, 0.2) is 0 Å². The Kier molecular flexibility index (Phi) is 17.8. The Hall–Kier alpha value is -0.0800. The summed E-state index contributed by atoms with van der Waals surface area (Å²) in [4.78, 5) is 0. The lowest BCUT2D eigenvalue weighted by Gasteiger charge is -2.16. The van der Waals surface area contributed by atoms with E-state index in [4.69, 9.17) is 0 Å². The average Bonchev–Trinajstić information content (AvgIpc) is 2.70. The lowest BCUT2D eigenvalue weighted by molar-refractivity contribution is 0.626. The maximum Gasteiger partial charge on any atom is 0.0505 e. The molecule has 156 valence electrons. The van der Waals surface area contributed by atoms with E-state index in [2.05, 4.69) is 67.7 Å². The minimum atomic E-state index is 0.788. The molecule has 0 bridgehead atoms. The highest BCUT2D eigenvalue weighted by Crippen LogP contribution is 2.30. The Morgan fingerprint density at radius 1 is 0.630 bits per heavy atom. The third-order valence-electron chi connectivity index (χ3n) is 5.11. The van der Waals surface area contributed by atoms with Crippen molar-refractivity contribution in [2.75, 3.05) is 11.5 Å². The highest BCUT2D eigenvalue weighted by Gasteiger charge is 2.10.